The number of hydrogen-bond donors (Lipinski definition) is 0. The monoisotopic (exact) mass is 153 g/mol. The average molecular weight is 153 g/mol. The molecule has 2 fully saturated rings. The van der Waals surface area contributed by atoms with E-state index in [1.807, 2.05) is 4.90 Å². The van der Waals surface area contributed by atoms with Crippen molar-refractivity contribution in [3.8, 4) is 0 Å². The van der Waals surface area contributed by atoms with Gasteiger partial charge in [-0.3, -0.25) is 4.79 Å². The molecule has 0 aromatic heterocycles. The summed E-state index contributed by atoms with van der Waals surface area (Å²) in [7, 11) is 0. The van der Waals surface area contributed by atoms with Gasteiger partial charge in [0.05, 0.1) is 0 Å². The molecular formula is C8H11NO2. The zero-order chi connectivity index (χ0) is 7.84. The molecule has 11 heavy (non-hydrogen) atoms. The van der Waals surface area contributed by atoms with Crippen molar-refractivity contribution >= 4 is 12.2 Å². The molecule has 0 bridgehead atoms. The first kappa shape index (κ1) is 6.83. The van der Waals surface area contributed by atoms with Crippen molar-refractivity contribution in [3.63, 3.8) is 0 Å². The van der Waals surface area contributed by atoms with E-state index < -0.39 is 0 Å². The molecule has 2 unspecified atom stereocenters. The van der Waals surface area contributed by atoms with E-state index in [2.05, 4.69) is 0 Å². The van der Waals surface area contributed by atoms with Crippen LogP contribution in [0.25, 0.3) is 0 Å². The number of piperidine rings is 1. The standard InChI is InChI=1S/C8H11NO2/c10-3-1-2-9-5-6-4-7(6)8(9)11/h3,6-7H,1-2,4-5H2. The lowest BCUT2D eigenvalue weighted by molar-refractivity contribution is -0.130. The van der Waals surface area contributed by atoms with E-state index in [0.29, 0.717) is 24.8 Å². The fourth-order valence-corrected chi connectivity index (χ4v) is 1.77. The van der Waals surface area contributed by atoms with E-state index in [4.69, 9.17) is 0 Å². The van der Waals surface area contributed by atoms with Crippen LogP contribution in [-0.4, -0.2) is 30.2 Å². The van der Waals surface area contributed by atoms with Crippen molar-refractivity contribution in [2.24, 2.45) is 11.8 Å². The third-order valence-corrected chi connectivity index (χ3v) is 2.52. The highest BCUT2D eigenvalue weighted by Gasteiger charge is 2.51. The maximum absolute atomic E-state index is 11.3. The Bertz CT molecular complexity index is 202. The number of nitrogens with zero attached hydrogens (tertiary/aromatic N) is 1. The normalized spacial score (nSPS) is 33.8. The molecule has 1 saturated heterocycles. The number of amides is 1. The molecule has 0 aromatic carbocycles. The molecule has 0 spiro atoms. The summed E-state index contributed by atoms with van der Waals surface area (Å²) in [5.74, 6) is 1.24. The summed E-state index contributed by atoms with van der Waals surface area (Å²) in [4.78, 5) is 23.1. The number of carbonyl (C=O) groups is 2. The summed E-state index contributed by atoms with van der Waals surface area (Å²) in [6, 6.07) is 0. The van der Waals surface area contributed by atoms with Gasteiger partial charge in [-0.15, -0.1) is 0 Å². The number of hydrogen-bond acceptors (Lipinski definition) is 2. The summed E-state index contributed by atoms with van der Waals surface area (Å²) in [5, 5.41) is 0. The highest BCUT2D eigenvalue weighted by Crippen LogP contribution is 2.45. The van der Waals surface area contributed by atoms with Crippen molar-refractivity contribution in [1.29, 1.82) is 0 Å². The lowest BCUT2D eigenvalue weighted by Crippen LogP contribution is -2.29. The Morgan fingerprint density at radius 1 is 1.64 bits per heavy atom. The van der Waals surface area contributed by atoms with Crippen LogP contribution in [0.5, 0.6) is 0 Å². The first-order chi connectivity index (χ1) is 5.33. The SMILES string of the molecule is O=CCCN1CC2CC2C1=O. The Balaban J connectivity index is 1.86. The van der Waals surface area contributed by atoms with Gasteiger partial charge in [0.25, 0.3) is 0 Å². The fraction of sp³-hybridized carbons (Fsp3) is 0.750. The third kappa shape index (κ3) is 1.04. The van der Waals surface area contributed by atoms with E-state index in [1.54, 1.807) is 0 Å². The minimum atomic E-state index is 0.275. The molecule has 0 aromatic rings. The number of rotatable bonds is 3. The first-order valence-electron chi connectivity index (χ1n) is 4.05. The number of carbonyl (C=O) groups excluding carboxylic acids is 2. The molecule has 3 nitrogen and oxygen atoms in total. The summed E-state index contributed by atoms with van der Waals surface area (Å²) >= 11 is 0. The zero-order valence-electron chi connectivity index (χ0n) is 6.32. The molecule has 3 heteroatoms. The van der Waals surface area contributed by atoms with Gasteiger partial charge in [0.1, 0.15) is 6.29 Å². The first-order valence-corrected chi connectivity index (χ1v) is 4.05. The van der Waals surface area contributed by atoms with Gasteiger partial charge in [0.2, 0.25) is 5.91 Å². The fourth-order valence-electron chi connectivity index (χ4n) is 1.77. The second-order valence-electron chi connectivity index (χ2n) is 3.34. The second kappa shape index (κ2) is 2.32. The largest absolute Gasteiger partial charge is 0.342 e. The minimum absolute atomic E-state index is 0.275. The lowest BCUT2D eigenvalue weighted by Gasteiger charge is -2.15. The van der Waals surface area contributed by atoms with E-state index in [0.717, 1.165) is 19.3 Å². The van der Waals surface area contributed by atoms with Crippen molar-refractivity contribution in [3.05, 3.63) is 0 Å². The molecule has 1 saturated carbocycles. The van der Waals surface area contributed by atoms with Gasteiger partial charge in [0, 0.05) is 25.4 Å². The Morgan fingerprint density at radius 2 is 2.45 bits per heavy atom. The summed E-state index contributed by atoms with van der Waals surface area (Å²) in [5.41, 5.74) is 0. The molecule has 2 aliphatic rings. The molecule has 1 heterocycles. The van der Waals surface area contributed by atoms with Crippen molar-refractivity contribution in [2.75, 3.05) is 13.1 Å². The zero-order valence-corrected chi connectivity index (χ0v) is 6.32. The van der Waals surface area contributed by atoms with Crippen LogP contribution < -0.4 is 0 Å². The molecular weight excluding hydrogens is 142 g/mol. The molecule has 2 atom stereocenters. The van der Waals surface area contributed by atoms with E-state index in [-0.39, 0.29) is 5.91 Å². The van der Waals surface area contributed by atoms with Crippen LogP contribution in [0.4, 0.5) is 0 Å². The van der Waals surface area contributed by atoms with Crippen LogP contribution in [0, 0.1) is 11.8 Å². The molecule has 1 amide bonds. The molecule has 0 radical (unpaired) electrons. The molecule has 1 aliphatic heterocycles. The molecule has 2 rings (SSSR count). The predicted molar refractivity (Wildman–Crippen MR) is 38.9 cm³/mol. The maximum atomic E-state index is 11.3. The van der Waals surface area contributed by atoms with Crippen LogP contribution >= 0.6 is 0 Å². The van der Waals surface area contributed by atoms with Gasteiger partial charge in [-0.1, -0.05) is 0 Å². The van der Waals surface area contributed by atoms with Gasteiger partial charge in [-0.05, 0) is 12.3 Å². The van der Waals surface area contributed by atoms with E-state index >= 15 is 0 Å². The molecule has 1 aliphatic carbocycles. The Kier molecular flexibility index (Phi) is 1.44. The van der Waals surface area contributed by atoms with Gasteiger partial charge < -0.3 is 9.69 Å². The highest BCUT2D eigenvalue weighted by atomic mass is 16.2. The smallest absolute Gasteiger partial charge is 0.226 e. The molecule has 0 N–H and O–H groups in total. The molecule has 60 valence electrons. The number of fused-ring (bicyclic) bond motifs is 1. The third-order valence-electron chi connectivity index (χ3n) is 2.52. The topological polar surface area (TPSA) is 37.4 Å². The quantitative estimate of drug-likeness (QED) is 0.537. The number of aldehydes is 1. The lowest BCUT2D eigenvalue weighted by atomic mass is 10.4. The number of likely N-dealkylation sites (tertiary alicyclic amines) is 1. The Hall–Kier alpha value is -0.860. The van der Waals surface area contributed by atoms with Crippen LogP contribution in [-0.2, 0) is 9.59 Å². The maximum Gasteiger partial charge on any atom is 0.226 e. The van der Waals surface area contributed by atoms with E-state index in [1.165, 1.54) is 0 Å². The van der Waals surface area contributed by atoms with Gasteiger partial charge in [0.15, 0.2) is 0 Å². The van der Waals surface area contributed by atoms with Crippen molar-refractivity contribution in [2.45, 2.75) is 12.8 Å². The van der Waals surface area contributed by atoms with Crippen molar-refractivity contribution < 1.29 is 9.59 Å². The van der Waals surface area contributed by atoms with Crippen LogP contribution in [0.3, 0.4) is 0 Å². The Morgan fingerprint density at radius 3 is 3.00 bits per heavy atom. The van der Waals surface area contributed by atoms with Crippen LogP contribution in [0.15, 0.2) is 0 Å². The average Bonchev–Trinajstić information content (AvgIpc) is 2.70. The predicted octanol–water partition coefficient (Wildman–Crippen LogP) is 0.0537. The van der Waals surface area contributed by atoms with Gasteiger partial charge in [-0.25, -0.2) is 0 Å². The second-order valence-corrected chi connectivity index (χ2v) is 3.34. The van der Waals surface area contributed by atoms with Crippen LogP contribution in [0.1, 0.15) is 12.8 Å². The van der Waals surface area contributed by atoms with Gasteiger partial charge >= 0.3 is 0 Å². The van der Waals surface area contributed by atoms with E-state index in [9.17, 15) is 9.59 Å². The van der Waals surface area contributed by atoms with Crippen molar-refractivity contribution in [1.82, 2.24) is 4.90 Å². The summed E-state index contributed by atoms with van der Waals surface area (Å²) in [6.07, 6.45) is 2.46. The summed E-state index contributed by atoms with van der Waals surface area (Å²) < 4.78 is 0. The van der Waals surface area contributed by atoms with Gasteiger partial charge in [-0.2, -0.15) is 0 Å². The summed E-state index contributed by atoms with van der Waals surface area (Å²) in [6.45, 7) is 1.53. The van der Waals surface area contributed by atoms with Crippen LogP contribution in [0.2, 0.25) is 0 Å². The minimum Gasteiger partial charge on any atom is -0.342 e. The Labute approximate surface area is 65.4 Å². The highest BCUT2D eigenvalue weighted by molar-refractivity contribution is 5.84.